The highest BCUT2D eigenvalue weighted by molar-refractivity contribution is 7.89. The van der Waals surface area contributed by atoms with E-state index in [2.05, 4.69) is 4.90 Å². The van der Waals surface area contributed by atoms with Crippen molar-refractivity contribution in [2.75, 3.05) is 47.4 Å². The van der Waals surface area contributed by atoms with Gasteiger partial charge in [0.2, 0.25) is 15.9 Å². The van der Waals surface area contributed by atoms with Crippen LogP contribution in [0.25, 0.3) is 0 Å². The molecule has 156 valence electrons. The molecule has 8 heteroatoms. The molecule has 0 radical (unpaired) electrons. The van der Waals surface area contributed by atoms with E-state index in [9.17, 15) is 13.2 Å². The lowest BCUT2D eigenvalue weighted by molar-refractivity contribution is -0.135. The molecule has 0 saturated carbocycles. The van der Waals surface area contributed by atoms with E-state index < -0.39 is 16.1 Å². The van der Waals surface area contributed by atoms with Gasteiger partial charge in [-0.25, -0.2) is 8.42 Å². The average molecular weight is 418 g/mol. The van der Waals surface area contributed by atoms with Gasteiger partial charge in [-0.15, -0.1) is 0 Å². The Kier molecular flexibility index (Phi) is 6.56. The van der Waals surface area contributed by atoms with Crippen molar-refractivity contribution in [2.45, 2.75) is 10.9 Å². The second kappa shape index (κ2) is 8.94. The largest absolute Gasteiger partial charge is 0.497 e. The minimum atomic E-state index is -3.58. The number of piperazine rings is 1. The lowest BCUT2D eigenvalue weighted by atomic mass is 10.0. The van der Waals surface area contributed by atoms with Gasteiger partial charge in [0.15, 0.2) is 0 Å². The molecule has 7 nitrogen and oxygen atoms in total. The van der Waals surface area contributed by atoms with Crippen LogP contribution in [-0.4, -0.2) is 75.8 Å². The fourth-order valence-corrected chi connectivity index (χ4v) is 4.91. The maximum Gasteiger partial charge on any atom is 0.244 e. The molecule has 29 heavy (non-hydrogen) atoms. The minimum Gasteiger partial charge on any atom is -0.497 e. The molecule has 0 aromatic heterocycles. The topological polar surface area (TPSA) is 70.2 Å². The van der Waals surface area contributed by atoms with Gasteiger partial charge in [-0.3, -0.25) is 9.69 Å². The van der Waals surface area contributed by atoms with Crippen molar-refractivity contribution in [3.8, 4) is 5.75 Å². The number of hydrogen-bond acceptors (Lipinski definition) is 5. The maximum absolute atomic E-state index is 13.0. The SMILES string of the molecule is COc1ccc(S(=O)(=O)N2CCN([C@H](C(=O)N(C)C)c3ccccc3)CC2)cc1. The number of amides is 1. The van der Waals surface area contributed by atoms with E-state index in [0.717, 1.165) is 5.56 Å². The Hall–Kier alpha value is -2.42. The van der Waals surface area contributed by atoms with Crippen molar-refractivity contribution in [3.63, 3.8) is 0 Å². The molecule has 3 rings (SSSR count). The van der Waals surface area contributed by atoms with Gasteiger partial charge in [-0.05, 0) is 29.8 Å². The number of rotatable bonds is 6. The molecule has 2 aromatic carbocycles. The van der Waals surface area contributed by atoms with Gasteiger partial charge in [-0.2, -0.15) is 4.31 Å². The van der Waals surface area contributed by atoms with Crippen LogP contribution in [0.3, 0.4) is 0 Å². The molecule has 0 spiro atoms. The van der Waals surface area contributed by atoms with Crippen molar-refractivity contribution in [1.29, 1.82) is 0 Å². The number of likely N-dealkylation sites (N-methyl/N-ethyl adjacent to an activating group) is 1. The zero-order valence-corrected chi connectivity index (χ0v) is 17.8. The van der Waals surface area contributed by atoms with E-state index in [1.54, 1.807) is 50.4 Å². The Morgan fingerprint density at radius 1 is 0.966 bits per heavy atom. The zero-order chi connectivity index (χ0) is 21.0. The van der Waals surface area contributed by atoms with Crippen molar-refractivity contribution in [1.82, 2.24) is 14.1 Å². The molecule has 0 bridgehead atoms. The van der Waals surface area contributed by atoms with Crippen molar-refractivity contribution >= 4 is 15.9 Å². The van der Waals surface area contributed by atoms with E-state index >= 15 is 0 Å². The predicted molar refractivity (Wildman–Crippen MR) is 111 cm³/mol. The summed E-state index contributed by atoms with van der Waals surface area (Å²) in [4.78, 5) is 16.7. The Labute approximate surface area is 172 Å². The molecule has 1 saturated heterocycles. The summed E-state index contributed by atoms with van der Waals surface area (Å²) >= 11 is 0. The summed E-state index contributed by atoms with van der Waals surface area (Å²) in [6, 6.07) is 15.6. The molecule has 0 aliphatic carbocycles. The smallest absolute Gasteiger partial charge is 0.244 e. The van der Waals surface area contributed by atoms with Gasteiger partial charge in [0, 0.05) is 40.3 Å². The molecule has 0 unspecified atom stereocenters. The molecule has 1 aliphatic rings. The van der Waals surface area contributed by atoms with Crippen LogP contribution in [0, 0.1) is 0 Å². The number of hydrogen-bond donors (Lipinski definition) is 0. The van der Waals surface area contributed by atoms with Crippen LogP contribution in [0.5, 0.6) is 5.75 Å². The maximum atomic E-state index is 13.0. The first-order chi connectivity index (χ1) is 13.8. The molecule has 1 heterocycles. The highest BCUT2D eigenvalue weighted by atomic mass is 32.2. The lowest BCUT2D eigenvalue weighted by Gasteiger charge is -2.39. The van der Waals surface area contributed by atoms with Crippen LogP contribution in [0.4, 0.5) is 0 Å². The first-order valence-electron chi connectivity index (χ1n) is 9.49. The van der Waals surface area contributed by atoms with Gasteiger partial charge >= 0.3 is 0 Å². The third-order valence-corrected chi connectivity index (χ3v) is 7.04. The summed E-state index contributed by atoms with van der Waals surface area (Å²) in [7, 11) is 1.44. The third-order valence-electron chi connectivity index (χ3n) is 5.13. The van der Waals surface area contributed by atoms with E-state index in [0.29, 0.717) is 31.9 Å². The van der Waals surface area contributed by atoms with Crippen LogP contribution < -0.4 is 4.74 Å². The molecule has 0 N–H and O–H groups in total. The molecule has 1 amide bonds. The second-order valence-electron chi connectivity index (χ2n) is 7.16. The van der Waals surface area contributed by atoms with Crippen molar-refractivity contribution < 1.29 is 17.9 Å². The van der Waals surface area contributed by atoms with Crippen LogP contribution >= 0.6 is 0 Å². The predicted octanol–water partition coefficient (Wildman–Crippen LogP) is 1.83. The number of nitrogens with zero attached hydrogens (tertiary/aromatic N) is 3. The summed E-state index contributed by atoms with van der Waals surface area (Å²) in [5.74, 6) is 0.601. The fourth-order valence-electron chi connectivity index (χ4n) is 3.49. The zero-order valence-electron chi connectivity index (χ0n) is 17.0. The van der Waals surface area contributed by atoms with Crippen LogP contribution in [0.15, 0.2) is 59.5 Å². The number of sulfonamides is 1. The fraction of sp³-hybridized carbons (Fsp3) is 0.381. The van der Waals surface area contributed by atoms with Crippen LogP contribution in [-0.2, 0) is 14.8 Å². The van der Waals surface area contributed by atoms with E-state index in [-0.39, 0.29) is 10.8 Å². The quantitative estimate of drug-likeness (QED) is 0.717. The first-order valence-corrected chi connectivity index (χ1v) is 10.9. The molecule has 1 atom stereocenters. The van der Waals surface area contributed by atoms with Gasteiger partial charge in [0.05, 0.1) is 12.0 Å². The number of carbonyl (C=O) groups is 1. The third kappa shape index (κ3) is 4.60. The lowest BCUT2D eigenvalue weighted by Crippen LogP contribution is -2.52. The normalized spacial score (nSPS) is 16.9. The van der Waals surface area contributed by atoms with Gasteiger partial charge < -0.3 is 9.64 Å². The summed E-state index contributed by atoms with van der Waals surface area (Å²) in [5.41, 5.74) is 0.915. The van der Waals surface area contributed by atoms with Crippen LogP contribution in [0.2, 0.25) is 0 Å². The average Bonchev–Trinajstić information content (AvgIpc) is 2.75. The molecule has 2 aromatic rings. The standard InChI is InChI=1S/C21H27N3O4S/c1-22(2)21(25)20(17-7-5-4-6-8-17)23-13-15-24(16-14-23)29(26,27)19-11-9-18(28-3)10-12-19/h4-12,20H,13-16H2,1-3H3/t20-/m0/s1. The Morgan fingerprint density at radius 2 is 1.55 bits per heavy atom. The van der Waals surface area contributed by atoms with Crippen molar-refractivity contribution in [3.05, 3.63) is 60.2 Å². The van der Waals surface area contributed by atoms with Crippen molar-refractivity contribution in [2.24, 2.45) is 0 Å². The minimum absolute atomic E-state index is 0.0114. The summed E-state index contributed by atoms with van der Waals surface area (Å²) in [6.45, 7) is 1.62. The van der Waals surface area contributed by atoms with Crippen LogP contribution in [0.1, 0.15) is 11.6 Å². The first kappa shape index (κ1) is 21.3. The molecule has 1 aliphatic heterocycles. The summed E-state index contributed by atoms with van der Waals surface area (Å²) in [6.07, 6.45) is 0. The number of methoxy groups -OCH3 is 1. The monoisotopic (exact) mass is 417 g/mol. The van der Waals surface area contributed by atoms with Gasteiger partial charge in [0.25, 0.3) is 0 Å². The highest BCUT2D eigenvalue weighted by Crippen LogP contribution is 2.26. The van der Waals surface area contributed by atoms with E-state index in [1.165, 1.54) is 4.31 Å². The molecular formula is C21H27N3O4S. The summed E-state index contributed by atoms with van der Waals surface area (Å²) in [5, 5.41) is 0. The van der Waals surface area contributed by atoms with Gasteiger partial charge in [0.1, 0.15) is 11.8 Å². The van der Waals surface area contributed by atoms with E-state index in [1.807, 2.05) is 30.3 Å². The Balaban J connectivity index is 1.76. The summed E-state index contributed by atoms with van der Waals surface area (Å²) < 4.78 is 32.5. The molecular weight excluding hydrogens is 390 g/mol. The Morgan fingerprint density at radius 3 is 2.07 bits per heavy atom. The Bertz CT molecular complexity index is 922. The number of ether oxygens (including phenoxy) is 1. The molecule has 1 fully saturated rings. The number of benzene rings is 2. The van der Waals surface area contributed by atoms with E-state index in [4.69, 9.17) is 4.74 Å². The number of carbonyl (C=O) groups excluding carboxylic acids is 1. The highest BCUT2D eigenvalue weighted by Gasteiger charge is 2.35. The second-order valence-corrected chi connectivity index (χ2v) is 9.10. The van der Waals surface area contributed by atoms with Gasteiger partial charge in [-0.1, -0.05) is 30.3 Å².